The van der Waals surface area contributed by atoms with E-state index in [9.17, 15) is 0 Å². The van der Waals surface area contributed by atoms with E-state index in [-0.39, 0.29) is 24.3 Å². The van der Waals surface area contributed by atoms with Crippen molar-refractivity contribution in [3.05, 3.63) is 28.7 Å². The van der Waals surface area contributed by atoms with Gasteiger partial charge >= 0.3 is 0 Å². The zero-order valence-electron chi connectivity index (χ0n) is 7.67. The van der Waals surface area contributed by atoms with E-state index >= 15 is 0 Å². The molecule has 0 spiro atoms. The maximum absolute atomic E-state index is 7.37. The van der Waals surface area contributed by atoms with Gasteiger partial charge < -0.3 is 11.1 Å². The summed E-state index contributed by atoms with van der Waals surface area (Å²) in [5.41, 5.74) is 5.81. The van der Waals surface area contributed by atoms with Gasteiger partial charge in [0.05, 0.1) is 0 Å². The predicted octanol–water partition coefficient (Wildman–Crippen LogP) is 1.70. The molecule has 0 saturated carbocycles. The van der Waals surface area contributed by atoms with Gasteiger partial charge in [0.1, 0.15) is 0 Å². The molecule has 15 heavy (non-hydrogen) atoms. The molecule has 1 aromatic rings. The van der Waals surface area contributed by atoms with Crippen molar-refractivity contribution in [3.63, 3.8) is 0 Å². The molecule has 82 valence electrons. The van der Waals surface area contributed by atoms with Crippen molar-refractivity contribution < 1.29 is 0 Å². The summed E-state index contributed by atoms with van der Waals surface area (Å²) in [6, 6.07) is 7.35. The van der Waals surface area contributed by atoms with Crippen molar-refractivity contribution in [1.29, 1.82) is 10.8 Å². The van der Waals surface area contributed by atoms with Crippen LogP contribution in [0.1, 0.15) is 0 Å². The molecule has 0 saturated heterocycles. The minimum atomic E-state index is -0.266. The lowest BCUT2D eigenvalue weighted by molar-refractivity contribution is 1.20. The van der Waals surface area contributed by atoms with Gasteiger partial charge in [0, 0.05) is 10.2 Å². The van der Waals surface area contributed by atoms with Crippen LogP contribution in [-0.4, -0.2) is 11.9 Å². The van der Waals surface area contributed by atoms with Crippen molar-refractivity contribution in [2.75, 3.05) is 5.32 Å². The van der Waals surface area contributed by atoms with Crippen molar-refractivity contribution in [1.82, 2.24) is 5.32 Å². The Bertz CT molecular complexity index is 368. The molecule has 0 aromatic heterocycles. The van der Waals surface area contributed by atoms with E-state index in [0.29, 0.717) is 0 Å². The lowest BCUT2D eigenvalue weighted by atomic mass is 10.3. The topological polar surface area (TPSA) is 97.8 Å². The van der Waals surface area contributed by atoms with Gasteiger partial charge in [-0.15, -0.1) is 12.4 Å². The Labute approximate surface area is 102 Å². The van der Waals surface area contributed by atoms with Crippen molar-refractivity contribution in [2.45, 2.75) is 0 Å². The molecular formula is C8H11BrClN5. The van der Waals surface area contributed by atoms with Crippen molar-refractivity contribution in [3.8, 4) is 0 Å². The highest BCUT2D eigenvalue weighted by Gasteiger charge is 1.98. The summed E-state index contributed by atoms with van der Waals surface area (Å²) >= 11 is 3.31. The number of benzene rings is 1. The number of nitrogens with one attached hydrogen (secondary N) is 4. The highest BCUT2D eigenvalue weighted by Crippen LogP contribution is 2.15. The molecule has 0 bridgehead atoms. The molecule has 0 atom stereocenters. The highest BCUT2D eigenvalue weighted by molar-refractivity contribution is 9.10. The number of nitrogens with two attached hydrogens (primary N) is 1. The van der Waals surface area contributed by atoms with Gasteiger partial charge in [-0.2, -0.15) is 0 Å². The van der Waals surface area contributed by atoms with Gasteiger partial charge in [-0.3, -0.25) is 16.1 Å². The summed E-state index contributed by atoms with van der Waals surface area (Å²) in [7, 11) is 0. The molecule has 1 aromatic carbocycles. The molecule has 0 unspecified atom stereocenters. The first kappa shape index (κ1) is 13.7. The summed E-state index contributed by atoms with van der Waals surface area (Å²) in [5, 5.41) is 19.3. The van der Waals surface area contributed by atoms with Crippen LogP contribution in [0, 0.1) is 10.8 Å². The third kappa shape index (κ3) is 5.24. The number of halogens is 2. The molecule has 7 heteroatoms. The summed E-state index contributed by atoms with van der Waals surface area (Å²) in [5.74, 6) is -0.298. The fraction of sp³-hybridized carbons (Fsp3) is 0. The van der Waals surface area contributed by atoms with E-state index < -0.39 is 0 Å². The summed E-state index contributed by atoms with van der Waals surface area (Å²) in [6.45, 7) is 0. The fourth-order valence-electron chi connectivity index (χ4n) is 0.876. The van der Waals surface area contributed by atoms with Crippen LogP contribution in [0.5, 0.6) is 0 Å². The molecule has 0 radical (unpaired) electrons. The van der Waals surface area contributed by atoms with E-state index in [4.69, 9.17) is 16.6 Å². The predicted molar refractivity (Wildman–Crippen MR) is 67.8 cm³/mol. The van der Waals surface area contributed by atoms with E-state index in [2.05, 4.69) is 26.6 Å². The third-order valence-corrected chi connectivity index (χ3v) is 1.85. The van der Waals surface area contributed by atoms with Crippen molar-refractivity contribution in [2.24, 2.45) is 5.73 Å². The number of anilines is 1. The number of hydrogen-bond acceptors (Lipinski definition) is 2. The SMILES string of the molecule is Cl.N=C(N)NC(=N)Nc1cccc(Br)c1. The number of rotatable bonds is 1. The van der Waals surface area contributed by atoms with Crippen LogP contribution >= 0.6 is 28.3 Å². The first-order valence-electron chi connectivity index (χ1n) is 3.80. The fourth-order valence-corrected chi connectivity index (χ4v) is 1.28. The van der Waals surface area contributed by atoms with Gasteiger partial charge in [-0.25, -0.2) is 0 Å². The first-order chi connectivity index (χ1) is 6.58. The van der Waals surface area contributed by atoms with Crippen LogP contribution in [0.2, 0.25) is 0 Å². The molecular weight excluding hydrogens is 281 g/mol. The molecule has 5 nitrogen and oxygen atoms in total. The average molecular weight is 293 g/mol. The highest BCUT2D eigenvalue weighted by atomic mass is 79.9. The molecule has 0 amide bonds. The van der Waals surface area contributed by atoms with Crippen LogP contribution in [0.15, 0.2) is 28.7 Å². The Hall–Kier alpha value is -1.27. The molecule has 0 aliphatic heterocycles. The van der Waals surface area contributed by atoms with Gasteiger partial charge in [0.25, 0.3) is 0 Å². The molecule has 0 aliphatic carbocycles. The summed E-state index contributed by atoms with van der Waals surface area (Å²) in [6.07, 6.45) is 0. The van der Waals surface area contributed by atoms with Crippen LogP contribution < -0.4 is 16.4 Å². The molecule has 0 aliphatic rings. The molecule has 0 heterocycles. The maximum Gasteiger partial charge on any atom is 0.199 e. The minimum Gasteiger partial charge on any atom is -0.370 e. The Kier molecular flexibility index (Phi) is 5.73. The van der Waals surface area contributed by atoms with Crippen LogP contribution in [0.4, 0.5) is 5.69 Å². The van der Waals surface area contributed by atoms with Crippen molar-refractivity contribution >= 4 is 45.9 Å². The Balaban J connectivity index is 0.00000196. The van der Waals surface area contributed by atoms with E-state index in [1.165, 1.54) is 0 Å². The van der Waals surface area contributed by atoms with E-state index in [1.807, 2.05) is 18.2 Å². The lowest BCUT2D eigenvalue weighted by Crippen LogP contribution is -2.39. The zero-order chi connectivity index (χ0) is 10.6. The summed E-state index contributed by atoms with van der Waals surface area (Å²) < 4.78 is 0.915. The van der Waals surface area contributed by atoms with Crippen LogP contribution in [0.25, 0.3) is 0 Å². The molecule has 1 rings (SSSR count). The molecule has 6 N–H and O–H groups in total. The number of guanidine groups is 2. The van der Waals surface area contributed by atoms with Gasteiger partial charge in [-0.1, -0.05) is 22.0 Å². The average Bonchev–Trinajstić information content (AvgIpc) is 2.01. The van der Waals surface area contributed by atoms with Crippen LogP contribution in [0.3, 0.4) is 0 Å². The normalized spacial score (nSPS) is 8.60. The second kappa shape index (κ2) is 6.26. The standard InChI is InChI=1S/C8H10BrN5.ClH/c9-5-2-1-3-6(4-5)13-8(12)14-7(10)11;/h1-4H,(H6,10,11,12,13,14);1H. The summed E-state index contributed by atoms with van der Waals surface area (Å²) in [4.78, 5) is 0. The van der Waals surface area contributed by atoms with Gasteiger partial charge in [0.2, 0.25) is 0 Å². The third-order valence-electron chi connectivity index (χ3n) is 1.35. The monoisotopic (exact) mass is 291 g/mol. The zero-order valence-corrected chi connectivity index (χ0v) is 10.1. The Morgan fingerprint density at radius 2 is 2.00 bits per heavy atom. The largest absolute Gasteiger partial charge is 0.370 e. The van der Waals surface area contributed by atoms with E-state index in [0.717, 1.165) is 10.2 Å². The number of hydrogen-bond donors (Lipinski definition) is 5. The van der Waals surface area contributed by atoms with Gasteiger partial charge in [0.15, 0.2) is 11.9 Å². The Morgan fingerprint density at radius 3 is 2.53 bits per heavy atom. The quantitative estimate of drug-likeness (QED) is 0.402. The smallest absolute Gasteiger partial charge is 0.199 e. The van der Waals surface area contributed by atoms with Gasteiger partial charge in [-0.05, 0) is 18.2 Å². The second-order valence-electron chi connectivity index (χ2n) is 2.55. The lowest BCUT2D eigenvalue weighted by Gasteiger charge is -2.08. The maximum atomic E-state index is 7.37. The second-order valence-corrected chi connectivity index (χ2v) is 3.46. The first-order valence-corrected chi connectivity index (χ1v) is 4.59. The molecule has 0 fully saturated rings. The van der Waals surface area contributed by atoms with E-state index in [1.54, 1.807) is 6.07 Å². The minimum absolute atomic E-state index is 0. The van der Waals surface area contributed by atoms with Crippen LogP contribution in [-0.2, 0) is 0 Å². The Morgan fingerprint density at radius 1 is 1.33 bits per heavy atom.